The molecule has 1 aliphatic heterocycles. The predicted molar refractivity (Wildman–Crippen MR) is 160 cm³/mol. The molecule has 0 spiro atoms. The van der Waals surface area contributed by atoms with Crippen molar-refractivity contribution in [2.75, 3.05) is 23.9 Å². The monoisotopic (exact) mass is 579 g/mol. The highest BCUT2D eigenvalue weighted by molar-refractivity contribution is 7.80. The first-order valence-electron chi connectivity index (χ1n) is 12.3. The molecule has 7 nitrogen and oxygen atoms in total. The van der Waals surface area contributed by atoms with Crippen LogP contribution in [-0.4, -0.2) is 34.3 Å². The molecule has 2 atom stereocenters. The number of aryl methyl sites for hydroxylation is 1. The lowest BCUT2D eigenvalue weighted by Crippen LogP contribution is -2.29. The van der Waals surface area contributed by atoms with Gasteiger partial charge in [-0.05, 0) is 86.2 Å². The molecular formula is C29H27Cl2N5O2S. The molecule has 0 bridgehead atoms. The molecule has 39 heavy (non-hydrogen) atoms. The number of benzene rings is 2. The van der Waals surface area contributed by atoms with Crippen LogP contribution in [0.4, 0.5) is 11.4 Å². The summed E-state index contributed by atoms with van der Waals surface area (Å²) >= 11 is 18.9. The van der Waals surface area contributed by atoms with Gasteiger partial charge in [0.25, 0.3) is 0 Å². The number of halogens is 2. The van der Waals surface area contributed by atoms with Crippen molar-refractivity contribution >= 4 is 57.8 Å². The Hall–Kier alpha value is -3.43. The van der Waals surface area contributed by atoms with Crippen LogP contribution in [0.5, 0.6) is 0 Å². The van der Waals surface area contributed by atoms with Gasteiger partial charge in [0.2, 0.25) is 5.91 Å². The zero-order valence-corrected chi connectivity index (χ0v) is 23.9. The highest BCUT2D eigenvalue weighted by atomic mass is 35.5. The van der Waals surface area contributed by atoms with Crippen molar-refractivity contribution in [3.63, 3.8) is 0 Å². The molecule has 0 saturated carbocycles. The molecule has 1 aliphatic rings. The van der Waals surface area contributed by atoms with E-state index in [0.717, 1.165) is 34.0 Å². The number of methoxy groups -OCH3 is 1. The minimum atomic E-state index is -0.219. The predicted octanol–water partition coefficient (Wildman–Crippen LogP) is 6.56. The summed E-state index contributed by atoms with van der Waals surface area (Å²) in [6.07, 6.45) is 1.78. The summed E-state index contributed by atoms with van der Waals surface area (Å²) in [5, 5.41) is 7.90. The SMILES string of the molecule is COCC(=O)Nc1ccc(N2C(=S)N[C@H](c3ccccn3)[C@H]2c2cc(C)n(-c3cccc(Cl)c3Cl)c2C)cc1. The number of aromatic nitrogens is 2. The van der Waals surface area contributed by atoms with E-state index in [2.05, 4.69) is 38.1 Å². The quantitative estimate of drug-likeness (QED) is 0.242. The summed E-state index contributed by atoms with van der Waals surface area (Å²) in [6, 6.07) is 20.8. The van der Waals surface area contributed by atoms with Gasteiger partial charge in [-0.1, -0.05) is 35.3 Å². The lowest BCUT2D eigenvalue weighted by atomic mass is 9.96. The molecule has 0 aliphatic carbocycles. The lowest BCUT2D eigenvalue weighted by Gasteiger charge is -2.28. The maximum atomic E-state index is 12.0. The summed E-state index contributed by atoms with van der Waals surface area (Å²) in [7, 11) is 1.49. The van der Waals surface area contributed by atoms with Crippen molar-refractivity contribution in [3.05, 3.63) is 106 Å². The van der Waals surface area contributed by atoms with Gasteiger partial charge in [-0.3, -0.25) is 9.78 Å². The Labute approximate surface area is 242 Å². The standard InChI is InChI=1S/C29H27Cl2N5O2S/c1-17-15-21(18(2)35(17)24-9-6-7-22(30)26(24)31)28-27(23-8-4-5-14-32-23)34-29(39)36(28)20-12-10-19(11-13-20)33-25(37)16-38-3/h4-15,27-28H,16H2,1-3H3,(H,33,37)(H,34,39)/t27-,28-/m1/s1. The van der Waals surface area contributed by atoms with Crippen LogP contribution in [-0.2, 0) is 9.53 Å². The maximum absolute atomic E-state index is 12.0. The van der Waals surface area contributed by atoms with Crippen LogP contribution in [0.25, 0.3) is 5.69 Å². The third-order valence-electron chi connectivity index (χ3n) is 6.76. The molecule has 10 heteroatoms. The number of rotatable bonds is 7. The first-order chi connectivity index (χ1) is 18.8. The molecule has 2 N–H and O–H groups in total. The third kappa shape index (κ3) is 5.25. The van der Waals surface area contributed by atoms with E-state index in [-0.39, 0.29) is 24.6 Å². The Morgan fingerprint density at radius 3 is 2.56 bits per heavy atom. The van der Waals surface area contributed by atoms with Crippen molar-refractivity contribution < 1.29 is 9.53 Å². The van der Waals surface area contributed by atoms with E-state index < -0.39 is 0 Å². The molecular weight excluding hydrogens is 553 g/mol. The van der Waals surface area contributed by atoms with Crippen molar-refractivity contribution in [1.82, 2.24) is 14.9 Å². The minimum absolute atomic E-state index is 0.0119. The van der Waals surface area contributed by atoms with Gasteiger partial charge in [-0.2, -0.15) is 0 Å². The Bertz CT molecular complexity index is 1520. The summed E-state index contributed by atoms with van der Waals surface area (Å²) < 4.78 is 7.03. The van der Waals surface area contributed by atoms with Crippen LogP contribution in [0.15, 0.2) is 72.9 Å². The zero-order valence-electron chi connectivity index (χ0n) is 21.6. The second kappa shape index (κ2) is 11.4. The van der Waals surface area contributed by atoms with E-state index in [1.54, 1.807) is 12.3 Å². The van der Waals surface area contributed by atoms with Crippen LogP contribution in [0.3, 0.4) is 0 Å². The summed E-state index contributed by atoms with van der Waals surface area (Å²) in [5.74, 6) is -0.219. The highest BCUT2D eigenvalue weighted by Gasteiger charge is 2.42. The van der Waals surface area contributed by atoms with E-state index in [1.807, 2.05) is 61.5 Å². The number of pyridine rings is 1. The molecule has 4 aromatic rings. The van der Waals surface area contributed by atoms with Crippen molar-refractivity contribution in [3.8, 4) is 5.69 Å². The van der Waals surface area contributed by atoms with Crippen LogP contribution < -0.4 is 15.5 Å². The molecule has 1 amide bonds. The smallest absolute Gasteiger partial charge is 0.250 e. The molecule has 2 aromatic heterocycles. The molecule has 3 heterocycles. The van der Waals surface area contributed by atoms with Crippen molar-refractivity contribution in [2.24, 2.45) is 0 Å². The zero-order chi connectivity index (χ0) is 27.7. The van der Waals surface area contributed by atoms with Gasteiger partial charge in [0.15, 0.2) is 5.11 Å². The number of carbonyl (C=O) groups is 1. The van der Waals surface area contributed by atoms with E-state index in [1.165, 1.54) is 7.11 Å². The number of nitrogens with one attached hydrogen (secondary N) is 2. The van der Waals surface area contributed by atoms with Crippen molar-refractivity contribution in [2.45, 2.75) is 25.9 Å². The minimum Gasteiger partial charge on any atom is -0.375 e. The number of thiocarbonyl (C=S) groups is 1. The van der Waals surface area contributed by atoms with Gasteiger partial charge in [-0.25, -0.2) is 0 Å². The van der Waals surface area contributed by atoms with Gasteiger partial charge in [0.05, 0.1) is 33.5 Å². The summed E-state index contributed by atoms with van der Waals surface area (Å²) in [6.45, 7) is 4.11. The summed E-state index contributed by atoms with van der Waals surface area (Å²) in [4.78, 5) is 18.7. The number of amides is 1. The Morgan fingerprint density at radius 2 is 1.87 bits per heavy atom. The van der Waals surface area contributed by atoms with Gasteiger partial charge in [-0.15, -0.1) is 0 Å². The van der Waals surface area contributed by atoms with Crippen LogP contribution in [0, 0.1) is 13.8 Å². The average Bonchev–Trinajstić information content (AvgIpc) is 3.42. The van der Waals surface area contributed by atoms with E-state index in [9.17, 15) is 4.79 Å². The molecule has 0 unspecified atom stereocenters. The number of anilines is 2. The maximum Gasteiger partial charge on any atom is 0.250 e. The van der Waals surface area contributed by atoms with Gasteiger partial charge in [0.1, 0.15) is 6.61 Å². The fourth-order valence-corrected chi connectivity index (χ4v) is 5.83. The highest BCUT2D eigenvalue weighted by Crippen LogP contribution is 2.44. The number of hydrogen-bond acceptors (Lipinski definition) is 4. The number of hydrogen-bond donors (Lipinski definition) is 2. The molecule has 1 saturated heterocycles. The molecule has 1 fully saturated rings. The largest absolute Gasteiger partial charge is 0.375 e. The van der Waals surface area contributed by atoms with Gasteiger partial charge < -0.3 is 24.8 Å². The molecule has 0 radical (unpaired) electrons. The Kier molecular flexibility index (Phi) is 7.91. The first kappa shape index (κ1) is 27.1. The number of carbonyl (C=O) groups excluding carboxylic acids is 1. The Balaban J connectivity index is 1.60. The van der Waals surface area contributed by atoms with Crippen molar-refractivity contribution in [1.29, 1.82) is 0 Å². The second-order valence-electron chi connectivity index (χ2n) is 9.26. The Morgan fingerprint density at radius 1 is 1.10 bits per heavy atom. The second-order valence-corrected chi connectivity index (χ2v) is 10.4. The molecule has 200 valence electrons. The normalized spacial score (nSPS) is 16.8. The van der Waals surface area contributed by atoms with Crippen LogP contribution in [0.1, 0.15) is 34.7 Å². The van der Waals surface area contributed by atoms with Crippen LogP contribution in [0.2, 0.25) is 10.0 Å². The molecule has 2 aromatic carbocycles. The topological polar surface area (TPSA) is 71.4 Å². The number of nitrogens with zero attached hydrogens (tertiary/aromatic N) is 3. The van der Waals surface area contributed by atoms with E-state index in [0.29, 0.717) is 20.8 Å². The molecule has 5 rings (SSSR count). The van der Waals surface area contributed by atoms with Crippen LogP contribution >= 0.6 is 35.4 Å². The third-order valence-corrected chi connectivity index (χ3v) is 7.89. The summed E-state index contributed by atoms with van der Waals surface area (Å²) in [5.41, 5.74) is 6.35. The number of ether oxygens (including phenoxy) is 1. The fourth-order valence-electron chi connectivity index (χ4n) is 5.11. The fraction of sp³-hybridized carbons (Fsp3) is 0.207. The average molecular weight is 581 g/mol. The lowest BCUT2D eigenvalue weighted by molar-refractivity contribution is -0.119. The first-order valence-corrected chi connectivity index (χ1v) is 13.5. The van der Waals surface area contributed by atoms with Gasteiger partial charge >= 0.3 is 0 Å². The van der Waals surface area contributed by atoms with E-state index >= 15 is 0 Å². The van der Waals surface area contributed by atoms with Gasteiger partial charge in [0, 0.05) is 36.1 Å². The van der Waals surface area contributed by atoms with E-state index in [4.69, 9.17) is 40.2 Å².